The molecule has 0 bridgehead atoms. The molecule has 1 amide bonds. The Balaban J connectivity index is 2.02. The molecule has 22 heavy (non-hydrogen) atoms. The van der Waals surface area contributed by atoms with Crippen LogP contribution in [0.5, 0.6) is 5.75 Å². The standard InChI is InChI=1S/C15H11ClN4O2/c16-11-6-7-13-12(8-11)18-14(21)15(22-13,19-20-17)9-10-4-2-1-3-5-10/h1-8H,9H2,(H,18,21). The van der Waals surface area contributed by atoms with Crippen LogP contribution in [-0.2, 0) is 11.2 Å². The van der Waals surface area contributed by atoms with Crippen LogP contribution >= 0.6 is 11.6 Å². The van der Waals surface area contributed by atoms with E-state index < -0.39 is 11.6 Å². The molecule has 0 aliphatic carbocycles. The molecule has 0 radical (unpaired) electrons. The van der Waals surface area contributed by atoms with Gasteiger partial charge in [-0.25, -0.2) is 0 Å². The molecule has 7 heteroatoms. The zero-order chi connectivity index (χ0) is 15.6. The van der Waals surface area contributed by atoms with Gasteiger partial charge >= 0.3 is 0 Å². The lowest BCUT2D eigenvalue weighted by Crippen LogP contribution is -2.50. The Morgan fingerprint density at radius 3 is 2.77 bits per heavy atom. The number of halogens is 1. The van der Waals surface area contributed by atoms with Crippen LogP contribution in [0.15, 0.2) is 53.6 Å². The molecule has 110 valence electrons. The Labute approximate surface area is 131 Å². The Hall–Kier alpha value is -2.69. The van der Waals surface area contributed by atoms with E-state index in [4.69, 9.17) is 21.9 Å². The van der Waals surface area contributed by atoms with Crippen molar-refractivity contribution in [1.29, 1.82) is 0 Å². The molecule has 1 heterocycles. The van der Waals surface area contributed by atoms with Crippen LogP contribution in [0.25, 0.3) is 10.4 Å². The summed E-state index contributed by atoms with van der Waals surface area (Å²) < 4.78 is 5.74. The average molecular weight is 315 g/mol. The lowest BCUT2D eigenvalue weighted by atomic mass is 10.0. The average Bonchev–Trinajstić information content (AvgIpc) is 2.50. The number of carbonyl (C=O) groups is 1. The van der Waals surface area contributed by atoms with Gasteiger partial charge in [0.05, 0.1) is 5.69 Å². The molecule has 1 unspecified atom stereocenters. The number of rotatable bonds is 3. The van der Waals surface area contributed by atoms with Gasteiger partial charge in [0.25, 0.3) is 11.6 Å². The van der Waals surface area contributed by atoms with E-state index >= 15 is 0 Å². The van der Waals surface area contributed by atoms with Crippen LogP contribution in [0.4, 0.5) is 5.69 Å². The number of nitrogens with zero attached hydrogens (tertiary/aromatic N) is 3. The summed E-state index contributed by atoms with van der Waals surface area (Å²) >= 11 is 5.90. The fourth-order valence-corrected chi connectivity index (χ4v) is 2.47. The number of azide groups is 1. The molecule has 0 aromatic heterocycles. The normalized spacial score (nSPS) is 19.4. The lowest BCUT2D eigenvalue weighted by Gasteiger charge is -2.33. The molecule has 2 aromatic carbocycles. The first-order chi connectivity index (χ1) is 10.6. The smallest absolute Gasteiger partial charge is 0.275 e. The van der Waals surface area contributed by atoms with Crippen molar-refractivity contribution in [3.05, 3.63) is 69.6 Å². The van der Waals surface area contributed by atoms with Crippen LogP contribution in [0.2, 0.25) is 5.02 Å². The number of carbonyl (C=O) groups excluding carboxylic acids is 1. The highest BCUT2D eigenvalue weighted by atomic mass is 35.5. The molecule has 0 spiro atoms. The SMILES string of the molecule is [N-]=[N+]=NC1(Cc2ccccc2)Oc2ccc(Cl)cc2NC1=O. The fraction of sp³-hybridized carbons (Fsp3) is 0.133. The lowest BCUT2D eigenvalue weighted by molar-refractivity contribution is -0.131. The summed E-state index contributed by atoms with van der Waals surface area (Å²) in [5.41, 5.74) is 8.47. The maximum absolute atomic E-state index is 12.4. The van der Waals surface area contributed by atoms with E-state index in [0.717, 1.165) is 5.56 Å². The summed E-state index contributed by atoms with van der Waals surface area (Å²) in [4.78, 5) is 15.2. The van der Waals surface area contributed by atoms with E-state index in [0.29, 0.717) is 16.5 Å². The zero-order valence-corrected chi connectivity index (χ0v) is 12.1. The molecule has 0 saturated carbocycles. The Morgan fingerprint density at radius 1 is 1.27 bits per heavy atom. The second-order valence-electron chi connectivity index (χ2n) is 4.83. The highest BCUT2D eigenvalue weighted by Crippen LogP contribution is 2.37. The van der Waals surface area contributed by atoms with Gasteiger partial charge in [0.15, 0.2) is 0 Å². The van der Waals surface area contributed by atoms with E-state index in [1.807, 2.05) is 30.3 Å². The van der Waals surface area contributed by atoms with Gasteiger partial charge in [-0.05, 0) is 34.4 Å². The molecule has 1 aliphatic heterocycles. The van der Waals surface area contributed by atoms with Crippen LogP contribution in [0.1, 0.15) is 5.56 Å². The van der Waals surface area contributed by atoms with Gasteiger partial charge in [-0.2, -0.15) is 0 Å². The molecular formula is C15H11ClN4O2. The third-order valence-electron chi connectivity index (χ3n) is 3.32. The maximum Gasteiger partial charge on any atom is 0.275 e. The van der Waals surface area contributed by atoms with Crippen molar-refractivity contribution in [2.24, 2.45) is 5.11 Å². The van der Waals surface area contributed by atoms with Crippen molar-refractivity contribution in [2.75, 3.05) is 5.32 Å². The number of hydrogen-bond donors (Lipinski definition) is 1. The third kappa shape index (κ3) is 2.57. The minimum Gasteiger partial charge on any atom is -0.469 e. The van der Waals surface area contributed by atoms with Crippen molar-refractivity contribution < 1.29 is 9.53 Å². The maximum atomic E-state index is 12.4. The van der Waals surface area contributed by atoms with E-state index in [2.05, 4.69) is 15.3 Å². The first kappa shape index (κ1) is 14.3. The minimum absolute atomic E-state index is 0.131. The number of ether oxygens (including phenoxy) is 1. The topological polar surface area (TPSA) is 87.1 Å². The largest absolute Gasteiger partial charge is 0.469 e. The van der Waals surface area contributed by atoms with Gasteiger partial charge in [0.2, 0.25) is 0 Å². The van der Waals surface area contributed by atoms with Crippen molar-refractivity contribution in [3.63, 3.8) is 0 Å². The summed E-state index contributed by atoms with van der Waals surface area (Å²) in [5.74, 6) is -0.115. The Kier molecular flexibility index (Phi) is 3.63. The molecule has 1 aliphatic rings. The highest BCUT2D eigenvalue weighted by molar-refractivity contribution is 6.31. The molecule has 0 fully saturated rings. The second-order valence-corrected chi connectivity index (χ2v) is 5.27. The predicted octanol–water partition coefficient (Wildman–Crippen LogP) is 3.92. The van der Waals surface area contributed by atoms with Crippen LogP contribution in [-0.4, -0.2) is 11.6 Å². The predicted molar refractivity (Wildman–Crippen MR) is 82.7 cm³/mol. The van der Waals surface area contributed by atoms with Crippen molar-refractivity contribution in [3.8, 4) is 5.75 Å². The first-order valence-electron chi connectivity index (χ1n) is 6.53. The highest BCUT2D eigenvalue weighted by Gasteiger charge is 2.44. The fourth-order valence-electron chi connectivity index (χ4n) is 2.30. The van der Waals surface area contributed by atoms with Crippen LogP contribution in [0.3, 0.4) is 0 Å². The van der Waals surface area contributed by atoms with Crippen LogP contribution < -0.4 is 10.1 Å². The van der Waals surface area contributed by atoms with Gasteiger partial charge in [-0.3, -0.25) is 4.79 Å². The molecule has 3 rings (SSSR count). The second kappa shape index (κ2) is 5.60. The third-order valence-corrected chi connectivity index (χ3v) is 3.55. The number of anilines is 1. The van der Waals surface area contributed by atoms with E-state index in [-0.39, 0.29) is 6.42 Å². The van der Waals surface area contributed by atoms with Crippen LogP contribution in [0, 0.1) is 0 Å². The molecule has 1 N–H and O–H groups in total. The summed E-state index contributed by atoms with van der Waals surface area (Å²) in [5, 5.41) is 6.78. The van der Waals surface area contributed by atoms with Gasteiger partial charge in [0, 0.05) is 16.4 Å². The number of amides is 1. The quantitative estimate of drug-likeness (QED) is 0.528. The Morgan fingerprint density at radius 2 is 2.05 bits per heavy atom. The van der Waals surface area contributed by atoms with Gasteiger partial charge in [0.1, 0.15) is 5.75 Å². The van der Waals surface area contributed by atoms with E-state index in [9.17, 15) is 4.79 Å². The van der Waals surface area contributed by atoms with E-state index in [1.54, 1.807) is 18.2 Å². The van der Waals surface area contributed by atoms with E-state index in [1.165, 1.54) is 0 Å². The number of nitrogens with one attached hydrogen (secondary N) is 1. The zero-order valence-electron chi connectivity index (χ0n) is 11.4. The first-order valence-corrected chi connectivity index (χ1v) is 6.91. The Bertz CT molecular complexity index is 774. The number of fused-ring (bicyclic) bond motifs is 1. The van der Waals surface area contributed by atoms with Gasteiger partial charge < -0.3 is 10.1 Å². The molecule has 0 saturated heterocycles. The van der Waals surface area contributed by atoms with Gasteiger partial charge in [-0.1, -0.05) is 41.9 Å². The summed E-state index contributed by atoms with van der Waals surface area (Å²) in [7, 11) is 0. The molecule has 2 aromatic rings. The van der Waals surface area contributed by atoms with Crippen molar-refractivity contribution >= 4 is 23.2 Å². The minimum atomic E-state index is -1.66. The van der Waals surface area contributed by atoms with Crippen molar-refractivity contribution in [2.45, 2.75) is 12.1 Å². The summed E-state index contributed by atoms with van der Waals surface area (Å²) in [6.45, 7) is 0. The monoisotopic (exact) mass is 314 g/mol. The van der Waals surface area contributed by atoms with Gasteiger partial charge in [-0.15, -0.1) is 0 Å². The molecular weight excluding hydrogens is 304 g/mol. The molecule has 1 atom stereocenters. The number of benzene rings is 2. The van der Waals surface area contributed by atoms with Crippen molar-refractivity contribution in [1.82, 2.24) is 0 Å². The number of hydrogen-bond acceptors (Lipinski definition) is 3. The summed E-state index contributed by atoms with van der Waals surface area (Å²) in [6, 6.07) is 14.1. The summed E-state index contributed by atoms with van der Waals surface area (Å²) in [6.07, 6.45) is 0.131. The molecule has 6 nitrogen and oxygen atoms in total.